The van der Waals surface area contributed by atoms with E-state index in [4.69, 9.17) is 4.89 Å². The number of hydrogen-bond acceptors (Lipinski definition) is 2. The lowest BCUT2D eigenvalue weighted by molar-refractivity contribution is 0.273. The minimum Gasteiger partial charge on any atom is -0.326 e. The van der Waals surface area contributed by atoms with Crippen molar-refractivity contribution < 1.29 is 14.0 Å². The lowest BCUT2D eigenvalue weighted by atomic mass is 10.1. The standard InChI is InChI=1S/C18H37O3P/c1-2-3-4-5-6-7-8-9-10-11-12-13-14-15-16-17-18-21-22(19)20/h9-10,22H,2-8,11-18H2,1H3,(H,19,20)/b10-9-. The third-order valence-electron chi connectivity index (χ3n) is 3.88. The molecule has 3 nitrogen and oxygen atoms in total. The molecule has 0 aliphatic carbocycles. The summed E-state index contributed by atoms with van der Waals surface area (Å²) >= 11 is 0. The van der Waals surface area contributed by atoms with Gasteiger partial charge in [-0.05, 0) is 32.1 Å². The van der Waals surface area contributed by atoms with Gasteiger partial charge in [0.15, 0.2) is 0 Å². The quantitative estimate of drug-likeness (QED) is 0.190. The molecule has 0 fully saturated rings. The van der Waals surface area contributed by atoms with Crippen LogP contribution in [-0.4, -0.2) is 11.5 Å². The summed E-state index contributed by atoms with van der Waals surface area (Å²) < 4.78 is 15.0. The van der Waals surface area contributed by atoms with E-state index in [1.54, 1.807) is 0 Å². The number of rotatable bonds is 17. The van der Waals surface area contributed by atoms with Crippen LogP contribution in [0.15, 0.2) is 12.2 Å². The molecule has 4 heteroatoms. The fourth-order valence-electron chi connectivity index (χ4n) is 2.51. The third-order valence-corrected chi connectivity index (χ3v) is 4.33. The number of hydrogen-bond donors (Lipinski definition) is 1. The molecule has 0 saturated carbocycles. The van der Waals surface area contributed by atoms with E-state index in [1.807, 2.05) is 0 Å². The van der Waals surface area contributed by atoms with Crippen molar-refractivity contribution in [2.75, 3.05) is 6.61 Å². The number of allylic oxidation sites excluding steroid dienone is 2. The first-order chi connectivity index (χ1) is 10.8. The van der Waals surface area contributed by atoms with Crippen LogP contribution in [0.2, 0.25) is 0 Å². The molecule has 0 spiro atoms. The Kier molecular flexibility index (Phi) is 18.8. The van der Waals surface area contributed by atoms with Crippen LogP contribution in [0, 0.1) is 0 Å². The van der Waals surface area contributed by atoms with Crippen LogP contribution < -0.4 is 0 Å². The van der Waals surface area contributed by atoms with Crippen LogP contribution in [0.3, 0.4) is 0 Å². The van der Waals surface area contributed by atoms with Gasteiger partial charge in [0.1, 0.15) is 0 Å². The van der Waals surface area contributed by atoms with Gasteiger partial charge < -0.3 is 9.42 Å². The van der Waals surface area contributed by atoms with Crippen LogP contribution >= 0.6 is 8.25 Å². The van der Waals surface area contributed by atoms with E-state index in [-0.39, 0.29) is 0 Å². The van der Waals surface area contributed by atoms with Crippen molar-refractivity contribution in [2.24, 2.45) is 0 Å². The van der Waals surface area contributed by atoms with Gasteiger partial charge in [0.25, 0.3) is 0 Å². The Morgan fingerprint density at radius 1 is 0.773 bits per heavy atom. The molecule has 0 aromatic carbocycles. The Balaban J connectivity index is 3.06. The van der Waals surface area contributed by atoms with Gasteiger partial charge in [-0.1, -0.05) is 76.9 Å². The van der Waals surface area contributed by atoms with Crippen molar-refractivity contribution in [3.05, 3.63) is 12.2 Å². The molecule has 0 radical (unpaired) electrons. The minimum atomic E-state index is -2.71. The second-order valence-corrected chi connectivity index (χ2v) is 6.87. The largest absolute Gasteiger partial charge is 0.326 e. The average Bonchev–Trinajstić information content (AvgIpc) is 2.50. The lowest BCUT2D eigenvalue weighted by Gasteiger charge is -2.01. The van der Waals surface area contributed by atoms with Crippen molar-refractivity contribution in [1.82, 2.24) is 0 Å². The molecule has 0 rings (SSSR count). The van der Waals surface area contributed by atoms with E-state index in [2.05, 4.69) is 23.6 Å². The van der Waals surface area contributed by atoms with Crippen molar-refractivity contribution in [2.45, 2.75) is 96.8 Å². The highest BCUT2D eigenvalue weighted by Gasteiger charge is 1.94. The number of unbranched alkanes of at least 4 members (excludes halogenated alkanes) is 12. The van der Waals surface area contributed by atoms with Gasteiger partial charge in [0, 0.05) is 0 Å². The van der Waals surface area contributed by atoms with Crippen molar-refractivity contribution >= 4 is 8.25 Å². The first kappa shape index (κ1) is 21.9. The average molecular weight is 332 g/mol. The van der Waals surface area contributed by atoms with Crippen LogP contribution in [0.25, 0.3) is 0 Å². The fraction of sp³-hybridized carbons (Fsp3) is 0.889. The summed E-state index contributed by atoms with van der Waals surface area (Å²) in [6.07, 6.45) is 22.5. The van der Waals surface area contributed by atoms with Gasteiger partial charge in [-0.25, -0.2) is 0 Å². The highest BCUT2D eigenvalue weighted by molar-refractivity contribution is 7.32. The maximum Gasteiger partial charge on any atom is 0.316 e. The van der Waals surface area contributed by atoms with Gasteiger partial charge in [-0.2, -0.15) is 0 Å². The molecule has 1 unspecified atom stereocenters. The molecule has 0 heterocycles. The van der Waals surface area contributed by atoms with Crippen molar-refractivity contribution in [3.8, 4) is 0 Å². The molecule has 22 heavy (non-hydrogen) atoms. The Morgan fingerprint density at radius 2 is 1.23 bits per heavy atom. The molecule has 132 valence electrons. The molecular weight excluding hydrogens is 295 g/mol. The highest BCUT2D eigenvalue weighted by atomic mass is 31.1. The van der Waals surface area contributed by atoms with Crippen LogP contribution in [0.1, 0.15) is 96.8 Å². The summed E-state index contributed by atoms with van der Waals surface area (Å²) in [5.41, 5.74) is 0. The SMILES string of the molecule is CCCCCCCC/C=C\CCCCCCCCO[PH](=O)O. The van der Waals surface area contributed by atoms with Gasteiger partial charge in [-0.3, -0.25) is 4.57 Å². The predicted octanol–water partition coefficient (Wildman–Crippen LogP) is 6.42. The molecule has 0 saturated heterocycles. The van der Waals surface area contributed by atoms with Crippen LogP contribution in [0.4, 0.5) is 0 Å². The summed E-state index contributed by atoms with van der Waals surface area (Å²) in [6, 6.07) is 0. The molecular formula is C18H37O3P. The van der Waals surface area contributed by atoms with E-state index < -0.39 is 8.25 Å². The van der Waals surface area contributed by atoms with E-state index in [9.17, 15) is 4.57 Å². The zero-order valence-electron chi connectivity index (χ0n) is 14.5. The highest BCUT2D eigenvalue weighted by Crippen LogP contribution is 2.16. The predicted molar refractivity (Wildman–Crippen MR) is 96.6 cm³/mol. The molecule has 0 aromatic heterocycles. The van der Waals surface area contributed by atoms with Gasteiger partial charge in [-0.15, -0.1) is 0 Å². The Hall–Kier alpha value is -0.110. The summed E-state index contributed by atoms with van der Waals surface area (Å²) in [6.45, 7) is 2.69. The molecule has 0 amide bonds. The van der Waals surface area contributed by atoms with Gasteiger partial charge >= 0.3 is 8.25 Å². The zero-order chi connectivity index (χ0) is 16.3. The van der Waals surface area contributed by atoms with Crippen LogP contribution in [-0.2, 0) is 9.09 Å². The monoisotopic (exact) mass is 332 g/mol. The Labute approximate surface area is 138 Å². The topological polar surface area (TPSA) is 46.5 Å². The zero-order valence-corrected chi connectivity index (χ0v) is 15.5. The smallest absolute Gasteiger partial charge is 0.316 e. The molecule has 1 N–H and O–H groups in total. The van der Waals surface area contributed by atoms with E-state index >= 15 is 0 Å². The summed E-state index contributed by atoms with van der Waals surface area (Å²) in [5.74, 6) is 0. The second-order valence-electron chi connectivity index (χ2n) is 6.05. The second kappa shape index (κ2) is 18.9. The van der Waals surface area contributed by atoms with E-state index in [1.165, 1.54) is 77.0 Å². The lowest BCUT2D eigenvalue weighted by Crippen LogP contribution is -1.87. The van der Waals surface area contributed by atoms with Crippen molar-refractivity contribution in [1.29, 1.82) is 0 Å². The summed E-state index contributed by atoms with van der Waals surface area (Å²) in [5, 5.41) is 0. The Bertz CT molecular complexity index is 267. The van der Waals surface area contributed by atoms with E-state index in [0.717, 1.165) is 12.8 Å². The normalized spacial score (nSPS) is 13.0. The van der Waals surface area contributed by atoms with Gasteiger partial charge in [0.2, 0.25) is 0 Å². The first-order valence-corrected chi connectivity index (χ1v) is 10.5. The molecule has 0 aromatic rings. The Morgan fingerprint density at radius 3 is 1.73 bits per heavy atom. The van der Waals surface area contributed by atoms with Crippen molar-refractivity contribution in [3.63, 3.8) is 0 Å². The van der Waals surface area contributed by atoms with E-state index in [0.29, 0.717) is 6.61 Å². The first-order valence-electron chi connectivity index (χ1n) is 9.28. The summed E-state index contributed by atoms with van der Waals surface area (Å²) in [7, 11) is -2.71. The maximum absolute atomic E-state index is 10.3. The molecule has 0 aliphatic heterocycles. The fourth-order valence-corrected chi connectivity index (χ4v) is 2.83. The van der Waals surface area contributed by atoms with Gasteiger partial charge in [0.05, 0.1) is 6.61 Å². The minimum absolute atomic E-state index is 0.426. The molecule has 1 atom stereocenters. The summed E-state index contributed by atoms with van der Waals surface area (Å²) in [4.78, 5) is 8.50. The maximum atomic E-state index is 10.3. The third kappa shape index (κ3) is 19.9. The molecule has 0 aliphatic rings. The van der Waals surface area contributed by atoms with Crippen LogP contribution in [0.5, 0.6) is 0 Å². The molecule has 0 bridgehead atoms.